The third kappa shape index (κ3) is 3.11. The van der Waals surface area contributed by atoms with Crippen molar-refractivity contribution < 1.29 is 4.79 Å². The van der Waals surface area contributed by atoms with Crippen LogP contribution in [0.15, 0.2) is 47.1 Å². The predicted molar refractivity (Wildman–Crippen MR) is 86.4 cm³/mol. The molecule has 0 saturated carbocycles. The standard InChI is InChI=1S/C16H14BrClN2O/c17-12-6-7-14(19-10-12)16(21)20-8-2-5-15(20)11-3-1-4-13(18)9-11/h1,3-4,6-7,9-10,15H,2,5,8H2. The van der Waals surface area contributed by atoms with E-state index in [1.807, 2.05) is 35.2 Å². The first-order valence-electron chi connectivity index (χ1n) is 6.83. The van der Waals surface area contributed by atoms with Crippen LogP contribution in [0.5, 0.6) is 0 Å². The number of likely N-dealkylation sites (tertiary alicyclic amines) is 1. The molecular formula is C16H14BrClN2O. The first-order valence-corrected chi connectivity index (χ1v) is 8.00. The molecule has 1 atom stereocenters. The van der Waals surface area contributed by atoms with E-state index >= 15 is 0 Å². The van der Waals surface area contributed by atoms with Gasteiger partial charge < -0.3 is 4.90 Å². The summed E-state index contributed by atoms with van der Waals surface area (Å²) < 4.78 is 0.867. The van der Waals surface area contributed by atoms with Crippen LogP contribution in [0.4, 0.5) is 0 Å². The van der Waals surface area contributed by atoms with Gasteiger partial charge in [-0.2, -0.15) is 0 Å². The van der Waals surface area contributed by atoms with Gasteiger partial charge in [0, 0.05) is 22.2 Å². The van der Waals surface area contributed by atoms with Gasteiger partial charge in [0.25, 0.3) is 5.91 Å². The van der Waals surface area contributed by atoms with Crippen LogP contribution in [0.2, 0.25) is 5.02 Å². The maximum Gasteiger partial charge on any atom is 0.272 e. The highest BCUT2D eigenvalue weighted by Crippen LogP contribution is 2.33. The Morgan fingerprint density at radius 1 is 1.33 bits per heavy atom. The van der Waals surface area contributed by atoms with Crippen molar-refractivity contribution in [2.75, 3.05) is 6.54 Å². The molecule has 108 valence electrons. The molecular weight excluding hydrogens is 352 g/mol. The van der Waals surface area contributed by atoms with Gasteiger partial charge in [-0.3, -0.25) is 4.79 Å². The van der Waals surface area contributed by atoms with Gasteiger partial charge in [-0.25, -0.2) is 4.98 Å². The van der Waals surface area contributed by atoms with Gasteiger partial charge in [-0.05, 0) is 58.6 Å². The molecule has 3 nitrogen and oxygen atoms in total. The summed E-state index contributed by atoms with van der Waals surface area (Å²) >= 11 is 9.40. The van der Waals surface area contributed by atoms with E-state index in [0.717, 1.165) is 29.4 Å². The minimum Gasteiger partial charge on any atom is -0.330 e. The van der Waals surface area contributed by atoms with E-state index in [9.17, 15) is 4.79 Å². The second kappa shape index (κ2) is 6.16. The molecule has 2 heterocycles. The maximum atomic E-state index is 12.6. The van der Waals surface area contributed by atoms with Crippen molar-refractivity contribution in [1.82, 2.24) is 9.88 Å². The first-order chi connectivity index (χ1) is 10.1. The molecule has 0 aliphatic carbocycles. The molecule has 1 fully saturated rings. The topological polar surface area (TPSA) is 33.2 Å². The summed E-state index contributed by atoms with van der Waals surface area (Å²) in [4.78, 5) is 18.7. The average Bonchev–Trinajstić information content (AvgIpc) is 2.97. The first kappa shape index (κ1) is 14.5. The monoisotopic (exact) mass is 364 g/mol. The minimum atomic E-state index is -0.0232. The molecule has 1 unspecified atom stereocenters. The van der Waals surface area contributed by atoms with Crippen LogP contribution >= 0.6 is 27.5 Å². The Morgan fingerprint density at radius 2 is 2.19 bits per heavy atom. The number of hydrogen-bond acceptors (Lipinski definition) is 2. The lowest BCUT2D eigenvalue weighted by atomic mass is 10.0. The lowest BCUT2D eigenvalue weighted by molar-refractivity contribution is 0.0729. The van der Waals surface area contributed by atoms with E-state index in [1.54, 1.807) is 12.3 Å². The zero-order valence-electron chi connectivity index (χ0n) is 11.3. The van der Waals surface area contributed by atoms with Crippen LogP contribution in [0, 0.1) is 0 Å². The molecule has 1 aliphatic heterocycles. The van der Waals surface area contributed by atoms with Crippen molar-refractivity contribution in [2.45, 2.75) is 18.9 Å². The molecule has 1 aromatic carbocycles. The molecule has 0 spiro atoms. The molecule has 1 aromatic heterocycles. The number of amides is 1. The van der Waals surface area contributed by atoms with E-state index in [1.165, 1.54) is 0 Å². The number of halogens is 2. The highest BCUT2D eigenvalue weighted by Gasteiger charge is 2.31. The van der Waals surface area contributed by atoms with Crippen molar-refractivity contribution in [3.8, 4) is 0 Å². The Labute approximate surface area is 137 Å². The quantitative estimate of drug-likeness (QED) is 0.786. The molecule has 3 rings (SSSR count). The number of benzene rings is 1. The maximum absolute atomic E-state index is 12.6. The Bertz CT molecular complexity index is 660. The number of carbonyl (C=O) groups excluding carboxylic acids is 1. The van der Waals surface area contributed by atoms with E-state index in [2.05, 4.69) is 20.9 Å². The number of nitrogens with zero attached hydrogens (tertiary/aromatic N) is 2. The highest BCUT2D eigenvalue weighted by molar-refractivity contribution is 9.10. The predicted octanol–water partition coefficient (Wildman–Crippen LogP) is 4.47. The van der Waals surface area contributed by atoms with E-state index in [-0.39, 0.29) is 11.9 Å². The second-order valence-corrected chi connectivity index (χ2v) is 6.43. The summed E-state index contributed by atoms with van der Waals surface area (Å²) in [6.07, 6.45) is 3.61. The summed E-state index contributed by atoms with van der Waals surface area (Å²) in [6, 6.07) is 11.4. The Hall–Kier alpha value is -1.39. The van der Waals surface area contributed by atoms with Gasteiger partial charge in [-0.15, -0.1) is 0 Å². The van der Waals surface area contributed by atoms with Gasteiger partial charge in [0.2, 0.25) is 0 Å². The van der Waals surface area contributed by atoms with Crippen LogP contribution in [0.3, 0.4) is 0 Å². The van der Waals surface area contributed by atoms with Crippen LogP contribution in [-0.4, -0.2) is 22.3 Å². The zero-order valence-corrected chi connectivity index (χ0v) is 13.6. The summed E-state index contributed by atoms with van der Waals surface area (Å²) in [5, 5.41) is 0.702. The molecule has 0 N–H and O–H groups in total. The number of hydrogen-bond donors (Lipinski definition) is 0. The van der Waals surface area contributed by atoms with Crippen LogP contribution < -0.4 is 0 Å². The lowest BCUT2D eigenvalue weighted by Crippen LogP contribution is -2.31. The molecule has 0 radical (unpaired) electrons. The SMILES string of the molecule is O=C(c1ccc(Br)cn1)N1CCCC1c1cccc(Cl)c1. The molecule has 21 heavy (non-hydrogen) atoms. The number of aromatic nitrogens is 1. The van der Waals surface area contributed by atoms with Crippen molar-refractivity contribution in [3.05, 3.63) is 63.3 Å². The largest absolute Gasteiger partial charge is 0.330 e. The average molecular weight is 366 g/mol. The fourth-order valence-corrected chi connectivity index (χ4v) is 3.15. The molecule has 1 aliphatic rings. The summed E-state index contributed by atoms with van der Waals surface area (Å²) in [6.45, 7) is 0.758. The fraction of sp³-hybridized carbons (Fsp3) is 0.250. The highest BCUT2D eigenvalue weighted by atomic mass is 79.9. The van der Waals surface area contributed by atoms with Crippen LogP contribution in [-0.2, 0) is 0 Å². The summed E-state index contributed by atoms with van der Waals surface area (Å²) in [5.74, 6) is -0.0232. The smallest absolute Gasteiger partial charge is 0.272 e. The van der Waals surface area contributed by atoms with Crippen molar-refractivity contribution >= 4 is 33.4 Å². The van der Waals surface area contributed by atoms with Crippen LogP contribution in [0.1, 0.15) is 34.9 Å². The molecule has 1 amide bonds. The lowest BCUT2D eigenvalue weighted by Gasteiger charge is -2.25. The van der Waals surface area contributed by atoms with Gasteiger partial charge in [0.05, 0.1) is 6.04 Å². The van der Waals surface area contributed by atoms with Crippen molar-refractivity contribution in [2.24, 2.45) is 0 Å². The Balaban J connectivity index is 1.87. The third-order valence-electron chi connectivity index (χ3n) is 3.69. The van der Waals surface area contributed by atoms with E-state index in [4.69, 9.17) is 11.6 Å². The number of carbonyl (C=O) groups is 1. The third-order valence-corrected chi connectivity index (χ3v) is 4.40. The van der Waals surface area contributed by atoms with E-state index < -0.39 is 0 Å². The van der Waals surface area contributed by atoms with Crippen molar-refractivity contribution in [1.29, 1.82) is 0 Å². The summed E-state index contributed by atoms with van der Waals surface area (Å²) in [5.41, 5.74) is 1.57. The normalized spacial score (nSPS) is 18.0. The Morgan fingerprint density at radius 3 is 2.90 bits per heavy atom. The summed E-state index contributed by atoms with van der Waals surface area (Å²) in [7, 11) is 0. The minimum absolute atomic E-state index is 0.0232. The molecule has 0 bridgehead atoms. The molecule has 5 heteroatoms. The molecule has 2 aromatic rings. The number of rotatable bonds is 2. The molecule has 1 saturated heterocycles. The van der Waals surface area contributed by atoms with E-state index in [0.29, 0.717) is 10.7 Å². The van der Waals surface area contributed by atoms with Gasteiger partial charge in [-0.1, -0.05) is 23.7 Å². The second-order valence-electron chi connectivity index (χ2n) is 5.07. The zero-order chi connectivity index (χ0) is 14.8. The van der Waals surface area contributed by atoms with Gasteiger partial charge >= 0.3 is 0 Å². The Kier molecular flexibility index (Phi) is 4.27. The van der Waals surface area contributed by atoms with Crippen molar-refractivity contribution in [3.63, 3.8) is 0 Å². The van der Waals surface area contributed by atoms with Crippen LogP contribution in [0.25, 0.3) is 0 Å². The number of pyridine rings is 1. The van der Waals surface area contributed by atoms with Gasteiger partial charge in [0.15, 0.2) is 0 Å². The van der Waals surface area contributed by atoms with Gasteiger partial charge in [0.1, 0.15) is 5.69 Å². The fourth-order valence-electron chi connectivity index (χ4n) is 2.72.